The molecule has 4 bridgehead atoms. The van der Waals surface area contributed by atoms with Crippen LogP contribution in [-0.4, -0.2) is 22.8 Å². The minimum absolute atomic E-state index is 0.0252. The van der Waals surface area contributed by atoms with Crippen LogP contribution in [0.25, 0.3) is 0 Å². The predicted molar refractivity (Wildman–Crippen MR) is 489 cm³/mol. The first-order valence-corrected chi connectivity index (χ1v) is 45.7. The normalized spacial score (nSPS) is 29.3. The molecule has 6 fully saturated rings. The SMILES string of the molecule is Cc1cccc2c1N1C(C)c3ccn(C)c3C1(C)C(C)(C)C2(C)C.Cc1cccc2c1N1C(C)c3ccn(C)c3C1(C)C(C)(C)C2(C)C.Cc1ccccc1N1C(C)c2ccn(C)c2C12C1CC3CC(C1)CC2C3.Cc1ccccc1N1C(C)c2ccn(C)c2C12CCCC2.Cc1ccccc1N1C(C)c2ccn(C)c2C12CCCCC2. The molecular formula is C107H140N10. The monoisotopic (exact) mass is 1570 g/mol. The molecule has 0 amide bonds. The second-order valence-electron chi connectivity index (χ2n) is 41.8. The third-order valence-electron chi connectivity index (χ3n) is 35.7. The molecule has 0 radical (unpaired) electrons. The molecule has 23 rings (SSSR count). The molecule has 3 spiro atoms. The quantitative estimate of drug-likeness (QED) is 0.176. The highest BCUT2D eigenvalue weighted by Crippen LogP contribution is 2.72. The molecule has 7 atom stereocenters. The molecule has 0 N–H and O–H groups in total. The fraction of sp³-hybridized carbons (Fsp3) is 0.533. The molecule has 10 heteroatoms. The zero-order valence-electron chi connectivity index (χ0n) is 76.2. The van der Waals surface area contributed by atoms with E-state index in [1.165, 1.54) is 191 Å². The van der Waals surface area contributed by atoms with E-state index in [4.69, 9.17) is 0 Å². The van der Waals surface area contributed by atoms with E-state index in [0.29, 0.717) is 30.2 Å². The van der Waals surface area contributed by atoms with Crippen molar-refractivity contribution < 1.29 is 0 Å². The number of nitrogens with zero attached hydrogens (tertiary/aromatic N) is 10. The summed E-state index contributed by atoms with van der Waals surface area (Å²) in [5.41, 5.74) is 33.6. The van der Waals surface area contributed by atoms with E-state index in [1.54, 1.807) is 22.6 Å². The van der Waals surface area contributed by atoms with Gasteiger partial charge in [0.2, 0.25) is 0 Å². The molecule has 6 saturated carbocycles. The first-order chi connectivity index (χ1) is 55.5. The van der Waals surface area contributed by atoms with E-state index in [0.717, 1.165) is 23.7 Å². The Bertz CT molecular complexity index is 5310. The third kappa shape index (κ3) is 10.6. The van der Waals surface area contributed by atoms with Crippen LogP contribution in [0.4, 0.5) is 28.4 Å². The summed E-state index contributed by atoms with van der Waals surface area (Å²) in [5.74, 6) is 3.66. The lowest BCUT2D eigenvalue weighted by Crippen LogP contribution is -2.62. The van der Waals surface area contributed by atoms with Crippen LogP contribution in [-0.2, 0) is 73.8 Å². The third-order valence-corrected chi connectivity index (χ3v) is 35.7. The topological polar surface area (TPSA) is 40.9 Å². The van der Waals surface area contributed by atoms with Crippen LogP contribution < -0.4 is 24.5 Å². The van der Waals surface area contributed by atoms with Crippen molar-refractivity contribution in [3.8, 4) is 0 Å². The molecule has 7 unspecified atom stereocenters. The highest BCUT2D eigenvalue weighted by Gasteiger charge is 2.69. The van der Waals surface area contributed by atoms with Crippen molar-refractivity contribution in [1.82, 2.24) is 22.8 Å². The Hall–Kier alpha value is -8.50. The van der Waals surface area contributed by atoms with Gasteiger partial charge in [-0.3, -0.25) is 0 Å². The van der Waals surface area contributed by atoms with Gasteiger partial charge in [0, 0.05) is 134 Å². The lowest BCUT2D eigenvalue weighted by molar-refractivity contribution is -0.0630. The number of para-hydroxylation sites is 5. The van der Waals surface area contributed by atoms with Crippen molar-refractivity contribution in [3.63, 3.8) is 0 Å². The van der Waals surface area contributed by atoms with Crippen LogP contribution in [0.3, 0.4) is 0 Å². The summed E-state index contributed by atoms with van der Waals surface area (Å²) in [4.78, 5) is 13.8. The van der Waals surface area contributed by atoms with E-state index in [2.05, 4.69) is 392 Å². The van der Waals surface area contributed by atoms with Gasteiger partial charge in [-0.2, -0.15) is 0 Å². The average Bonchev–Trinajstić information content (AvgIpc) is 1.55. The summed E-state index contributed by atoms with van der Waals surface area (Å²) in [6.45, 7) is 47.8. The lowest BCUT2D eigenvalue weighted by atomic mass is 9.47. The number of rotatable bonds is 3. The van der Waals surface area contributed by atoms with Gasteiger partial charge in [-0.05, 0) is 291 Å². The summed E-state index contributed by atoms with van der Waals surface area (Å²) in [7, 11) is 11.1. The Morgan fingerprint density at radius 1 is 0.282 bits per heavy atom. The summed E-state index contributed by atoms with van der Waals surface area (Å²) >= 11 is 0. The van der Waals surface area contributed by atoms with Gasteiger partial charge < -0.3 is 47.3 Å². The standard InChI is InChI=1S/C24H30N2.2C22H30N2.C20H26N2.C19H24N2/c1-15-6-4-5-7-22(15)26-16(2)21-8-9-25(3)23(21)24(26)19-11-17-10-18(13-19)14-20(24)12-17;2*1-14-10-9-11-17-18(14)24-15(2)16-12-13-23(8)19(16)22(24,7)21(5,6)20(17,3)4;1-15-9-5-6-10-18(15)22-16(2)17-11-14-21(3)19(17)20(22)12-7-4-8-13-20;1-14-8-4-5-9-17(14)21-15(2)16-10-13-20(3)18(16)19(21)11-6-7-12-19/h4-9,16-20H,10-14H2,1-3H3;2*9-13,15H,1-8H3;5-6,9-11,14,16H,4,7-8,12-13H2,1-3H3;4-5,8-10,13,15H,6-7,11-12H2,1-3H3. The van der Waals surface area contributed by atoms with Gasteiger partial charge in [-0.1, -0.05) is 178 Å². The summed E-state index contributed by atoms with van der Waals surface area (Å²) in [5, 5.41) is 0. The molecule has 7 aliphatic heterocycles. The molecule has 10 nitrogen and oxygen atoms in total. The minimum Gasteiger partial charge on any atom is -0.353 e. The Morgan fingerprint density at radius 2 is 0.564 bits per heavy atom. The zero-order chi connectivity index (χ0) is 82.9. The highest BCUT2D eigenvalue weighted by molar-refractivity contribution is 5.75. The number of fused-ring (bicyclic) bond motifs is 15. The molecule has 12 heterocycles. The average molecular weight is 1570 g/mol. The van der Waals surface area contributed by atoms with Crippen molar-refractivity contribution in [2.45, 2.75) is 297 Å². The van der Waals surface area contributed by atoms with E-state index < -0.39 is 0 Å². The van der Waals surface area contributed by atoms with Crippen molar-refractivity contribution >= 4 is 28.4 Å². The highest BCUT2D eigenvalue weighted by atomic mass is 15.3. The number of aromatic nitrogens is 5. The molecule has 5 aromatic heterocycles. The van der Waals surface area contributed by atoms with E-state index in [1.807, 2.05) is 0 Å². The van der Waals surface area contributed by atoms with Crippen LogP contribution in [0.2, 0.25) is 0 Å². The van der Waals surface area contributed by atoms with Crippen LogP contribution in [0.15, 0.2) is 171 Å². The molecule has 5 aromatic carbocycles. The van der Waals surface area contributed by atoms with Crippen LogP contribution >= 0.6 is 0 Å². The number of aryl methyl sites for hydroxylation is 10. The zero-order valence-corrected chi connectivity index (χ0v) is 76.2. The van der Waals surface area contributed by atoms with Gasteiger partial charge in [0.25, 0.3) is 0 Å². The molecule has 13 aliphatic rings. The summed E-state index contributed by atoms with van der Waals surface area (Å²) < 4.78 is 11.9. The number of hydrogen-bond acceptors (Lipinski definition) is 5. The van der Waals surface area contributed by atoms with Crippen molar-refractivity contribution in [3.05, 3.63) is 266 Å². The number of anilines is 5. The van der Waals surface area contributed by atoms with Crippen molar-refractivity contribution in [1.29, 1.82) is 0 Å². The largest absolute Gasteiger partial charge is 0.353 e. The molecular weight excluding hydrogens is 1430 g/mol. The first kappa shape index (κ1) is 79.6. The van der Waals surface area contributed by atoms with Crippen molar-refractivity contribution in [2.75, 3.05) is 24.5 Å². The summed E-state index contributed by atoms with van der Waals surface area (Å²) in [6.07, 6.45) is 30.5. The molecule has 618 valence electrons. The van der Waals surface area contributed by atoms with E-state index >= 15 is 0 Å². The van der Waals surface area contributed by atoms with Crippen LogP contribution in [0, 0.1) is 69.1 Å². The van der Waals surface area contributed by atoms with E-state index in [-0.39, 0.29) is 49.4 Å². The Morgan fingerprint density at radius 3 is 0.923 bits per heavy atom. The van der Waals surface area contributed by atoms with Crippen molar-refractivity contribution in [2.24, 2.45) is 69.7 Å². The fourth-order valence-electron chi connectivity index (χ4n) is 28.9. The maximum atomic E-state index is 2.89. The molecule has 117 heavy (non-hydrogen) atoms. The van der Waals surface area contributed by atoms with Gasteiger partial charge in [-0.25, -0.2) is 0 Å². The minimum atomic E-state index is -0.0252. The smallest absolute Gasteiger partial charge is 0.0869 e. The predicted octanol–water partition coefficient (Wildman–Crippen LogP) is 26.2. The number of benzene rings is 5. The fourth-order valence-corrected chi connectivity index (χ4v) is 28.9. The maximum absolute atomic E-state index is 2.89. The van der Waals surface area contributed by atoms with Crippen LogP contribution in [0.5, 0.6) is 0 Å². The van der Waals surface area contributed by atoms with Gasteiger partial charge in [0.05, 0.1) is 57.9 Å². The number of hydrogen-bond donors (Lipinski definition) is 0. The molecule has 6 aliphatic carbocycles. The van der Waals surface area contributed by atoms with Gasteiger partial charge >= 0.3 is 0 Å². The lowest BCUT2D eigenvalue weighted by Gasteiger charge is -2.64. The van der Waals surface area contributed by atoms with Gasteiger partial charge in [-0.15, -0.1) is 0 Å². The van der Waals surface area contributed by atoms with Gasteiger partial charge in [0.1, 0.15) is 0 Å². The second-order valence-corrected chi connectivity index (χ2v) is 41.8. The summed E-state index contributed by atoms with van der Waals surface area (Å²) in [6, 6.07) is 54.5. The Balaban J connectivity index is 0.000000101. The van der Waals surface area contributed by atoms with Crippen LogP contribution in [0.1, 0.15) is 319 Å². The molecule has 0 saturated heterocycles. The molecule has 10 aromatic rings. The Labute approximate surface area is 704 Å². The van der Waals surface area contributed by atoms with Gasteiger partial charge in [0.15, 0.2) is 0 Å². The first-order valence-electron chi connectivity index (χ1n) is 45.7. The second kappa shape index (κ2) is 27.5. The van der Waals surface area contributed by atoms with E-state index in [9.17, 15) is 0 Å². The maximum Gasteiger partial charge on any atom is 0.0869 e. The Kier molecular flexibility index (Phi) is 18.7.